The van der Waals surface area contributed by atoms with E-state index in [4.69, 9.17) is 4.98 Å². The number of carbonyl (C=O) groups excluding carboxylic acids is 1. The summed E-state index contributed by atoms with van der Waals surface area (Å²) in [7, 11) is 0. The van der Waals surface area contributed by atoms with Gasteiger partial charge in [0.2, 0.25) is 5.91 Å². The van der Waals surface area contributed by atoms with E-state index in [9.17, 15) is 4.79 Å². The number of hydrogen-bond donors (Lipinski definition) is 0. The third kappa shape index (κ3) is 5.41. The molecule has 0 atom stereocenters. The molecule has 4 aromatic rings. The minimum Gasteiger partial charge on any atom is -0.338 e. The molecule has 0 N–H and O–H groups in total. The Morgan fingerprint density at radius 3 is 2.62 bits per heavy atom. The molecule has 1 saturated carbocycles. The monoisotopic (exact) mass is 471 g/mol. The predicted octanol–water partition coefficient (Wildman–Crippen LogP) is 6.91. The SMILES string of the molecule is Cc1ccc(-c2cn3c(CCN(Cc4ccccc4)C(=O)CCC4CCCC4)csc3n2)cc1. The van der Waals surface area contributed by atoms with E-state index in [1.165, 1.54) is 42.5 Å². The van der Waals surface area contributed by atoms with Crippen molar-refractivity contribution in [1.29, 1.82) is 0 Å². The number of nitrogens with zero attached hydrogens (tertiary/aromatic N) is 3. The van der Waals surface area contributed by atoms with Crippen LogP contribution in [-0.4, -0.2) is 26.7 Å². The molecule has 176 valence electrons. The van der Waals surface area contributed by atoms with Crippen LogP contribution in [0.25, 0.3) is 16.2 Å². The van der Waals surface area contributed by atoms with Crippen molar-refractivity contribution in [3.63, 3.8) is 0 Å². The van der Waals surface area contributed by atoms with Gasteiger partial charge in [-0.25, -0.2) is 4.98 Å². The second-order valence-corrected chi connectivity index (χ2v) is 10.4. The van der Waals surface area contributed by atoms with Crippen LogP contribution >= 0.6 is 11.3 Å². The Balaban J connectivity index is 1.29. The summed E-state index contributed by atoms with van der Waals surface area (Å²) in [5, 5.41) is 2.19. The topological polar surface area (TPSA) is 37.6 Å². The van der Waals surface area contributed by atoms with Gasteiger partial charge in [0, 0.05) is 48.8 Å². The molecule has 2 aromatic heterocycles. The second-order valence-electron chi connectivity index (χ2n) is 9.61. The summed E-state index contributed by atoms with van der Waals surface area (Å²) in [5.41, 5.74) is 5.80. The molecule has 1 aliphatic rings. The molecule has 0 radical (unpaired) electrons. The lowest BCUT2D eigenvalue weighted by atomic mass is 10.0. The minimum atomic E-state index is 0.285. The number of fused-ring (bicyclic) bond motifs is 1. The number of imidazole rings is 1. The number of rotatable bonds is 9. The van der Waals surface area contributed by atoms with E-state index in [1.54, 1.807) is 11.3 Å². The van der Waals surface area contributed by atoms with E-state index in [0.29, 0.717) is 13.0 Å². The molecule has 5 rings (SSSR count). The number of amides is 1. The summed E-state index contributed by atoms with van der Waals surface area (Å²) in [6.07, 6.45) is 9.91. The number of aromatic nitrogens is 2. The molecule has 1 fully saturated rings. The average Bonchev–Trinajstić information content (AvgIpc) is 3.60. The molecular formula is C29H33N3OS. The quantitative estimate of drug-likeness (QED) is 0.266. The van der Waals surface area contributed by atoms with Gasteiger partial charge in [-0.15, -0.1) is 11.3 Å². The molecule has 34 heavy (non-hydrogen) atoms. The Hall–Kier alpha value is -2.92. The van der Waals surface area contributed by atoms with E-state index in [2.05, 4.69) is 76.3 Å². The van der Waals surface area contributed by atoms with Crippen molar-refractivity contribution in [1.82, 2.24) is 14.3 Å². The van der Waals surface area contributed by atoms with Crippen molar-refractivity contribution in [3.05, 3.63) is 83.0 Å². The Bertz CT molecular complexity index is 1220. The highest BCUT2D eigenvalue weighted by Crippen LogP contribution is 2.29. The Morgan fingerprint density at radius 2 is 1.85 bits per heavy atom. The highest BCUT2D eigenvalue weighted by atomic mass is 32.1. The number of hydrogen-bond acceptors (Lipinski definition) is 3. The molecule has 0 unspecified atom stereocenters. The van der Waals surface area contributed by atoms with Crippen LogP contribution < -0.4 is 0 Å². The van der Waals surface area contributed by atoms with Crippen LogP contribution in [0.2, 0.25) is 0 Å². The molecule has 1 aliphatic carbocycles. The van der Waals surface area contributed by atoms with Crippen molar-refractivity contribution in [3.8, 4) is 11.3 Å². The first-order valence-electron chi connectivity index (χ1n) is 12.5. The number of aryl methyl sites for hydroxylation is 1. The lowest BCUT2D eigenvalue weighted by molar-refractivity contribution is -0.132. The van der Waals surface area contributed by atoms with Gasteiger partial charge in [-0.05, 0) is 24.8 Å². The Labute approximate surface area is 206 Å². The Kier molecular flexibility index (Phi) is 7.10. The van der Waals surface area contributed by atoms with Gasteiger partial charge in [0.05, 0.1) is 5.69 Å². The summed E-state index contributed by atoms with van der Waals surface area (Å²) in [5.74, 6) is 1.03. The van der Waals surface area contributed by atoms with Gasteiger partial charge >= 0.3 is 0 Å². The van der Waals surface area contributed by atoms with Crippen LogP contribution in [0, 0.1) is 12.8 Å². The van der Waals surface area contributed by atoms with Crippen LogP contribution in [0.3, 0.4) is 0 Å². The van der Waals surface area contributed by atoms with Crippen molar-refractivity contribution in [2.24, 2.45) is 5.92 Å². The first-order valence-corrected chi connectivity index (χ1v) is 13.4. The van der Waals surface area contributed by atoms with Crippen molar-refractivity contribution in [2.75, 3.05) is 6.54 Å². The molecule has 0 saturated heterocycles. The number of benzene rings is 2. The largest absolute Gasteiger partial charge is 0.338 e. The van der Waals surface area contributed by atoms with Crippen LogP contribution in [0.15, 0.2) is 66.2 Å². The average molecular weight is 472 g/mol. The molecular weight excluding hydrogens is 438 g/mol. The summed E-state index contributed by atoms with van der Waals surface area (Å²) in [6, 6.07) is 18.9. The van der Waals surface area contributed by atoms with Crippen LogP contribution in [-0.2, 0) is 17.8 Å². The third-order valence-corrected chi connectivity index (χ3v) is 7.97. The number of thiazole rings is 1. The maximum absolute atomic E-state index is 13.3. The van der Waals surface area contributed by atoms with Gasteiger partial charge in [0.25, 0.3) is 0 Å². The van der Waals surface area contributed by atoms with E-state index in [-0.39, 0.29) is 5.91 Å². The van der Waals surface area contributed by atoms with Gasteiger partial charge in [0.15, 0.2) is 4.96 Å². The maximum Gasteiger partial charge on any atom is 0.222 e. The molecule has 0 bridgehead atoms. The minimum absolute atomic E-state index is 0.285. The van der Waals surface area contributed by atoms with Crippen LogP contribution in [0.1, 0.15) is 55.3 Å². The summed E-state index contributed by atoms with van der Waals surface area (Å²) < 4.78 is 2.20. The molecule has 0 aliphatic heterocycles. The van der Waals surface area contributed by atoms with Crippen molar-refractivity contribution in [2.45, 2.75) is 58.4 Å². The predicted molar refractivity (Wildman–Crippen MR) is 140 cm³/mol. The van der Waals surface area contributed by atoms with Gasteiger partial charge < -0.3 is 4.90 Å². The first-order chi connectivity index (χ1) is 16.7. The lowest BCUT2D eigenvalue weighted by Crippen LogP contribution is -2.32. The fourth-order valence-electron chi connectivity index (χ4n) is 5.00. The van der Waals surface area contributed by atoms with Crippen molar-refractivity contribution < 1.29 is 4.79 Å². The highest BCUT2D eigenvalue weighted by Gasteiger charge is 2.20. The zero-order valence-electron chi connectivity index (χ0n) is 20.0. The Morgan fingerprint density at radius 1 is 1.09 bits per heavy atom. The molecule has 1 amide bonds. The molecule has 2 aromatic carbocycles. The fraction of sp³-hybridized carbons (Fsp3) is 0.379. The van der Waals surface area contributed by atoms with E-state index >= 15 is 0 Å². The summed E-state index contributed by atoms with van der Waals surface area (Å²) in [6.45, 7) is 3.50. The fourth-order valence-corrected chi connectivity index (χ4v) is 5.91. The lowest BCUT2D eigenvalue weighted by Gasteiger charge is -2.23. The normalized spacial score (nSPS) is 14.1. The van der Waals surface area contributed by atoms with Gasteiger partial charge in [-0.1, -0.05) is 85.8 Å². The highest BCUT2D eigenvalue weighted by molar-refractivity contribution is 7.15. The van der Waals surface area contributed by atoms with Crippen LogP contribution in [0.4, 0.5) is 0 Å². The van der Waals surface area contributed by atoms with Gasteiger partial charge in [-0.2, -0.15) is 0 Å². The van der Waals surface area contributed by atoms with E-state index in [0.717, 1.165) is 41.5 Å². The zero-order chi connectivity index (χ0) is 23.3. The first kappa shape index (κ1) is 22.9. The smallest absolute Gasteiger partial charge is 0.222 e. The van der Waals surface area contributed by atoms with Crippen LogP contribution in [0.5, 0.6) is 0 Å². The van der Waals surface area contributed by atoms with E-state index in [1.807, 2.05) is 6.07 Å². The van der Waals surface area contributed by atoms with E-state index < -0.39 is 0 Å². The molecule has 2 heterocycles. The third-order valence-electron chi connectivity index (χ3n) is 7.08. The number of carbonyl (C=O) groups is 1. The van der Waals surface area contributed by atoms with Crippen molar-refractivity contribution >= 4 is 22.2 Å². The maximum atomic E-state index is 13.3. The summed E-state index contributed by atoms with van der Waals surface area (Å²) >= 11 is 1.67. The summed E-state index contributed by atoms with van der Waals surface area (Å²) in [4.78, 5) is 21.2. The standard InChI is InChI=1S/C29H33N3OS/c1-22-11-14-25(15-12-22)27-20-32-26(21-34-29(32)30-27)17-18-31(19-24-9-3-2-4-10-24)28(33)16-13-23-7-5-6-8-23/h2-4,9-12,14-15,20-21,23H,5-8,13,16-19H2,1H3. The second kappa shape index (κ2) is 10.6. The molecule has 4 nitrogen and oxygen atoms in total. The zero-order valence-corrected chi connectivity index (χ0v) is 20.8. The van der Waals surface area contributed by atoms with Gasteiger partial charge in [-0.3, -0.25) is 9.20 Å². The molecule has 0 spiro atoms. The van der Waals surface area contributed by atoms with Gasteiger partial charge in [0.1, 0.15) is 0 Å². The molecule has 5 heteroatoms.